The van der Waals surface area contributed by atoms with Crippen LogP contribution >= 0.6 is 11.8 Å². The Morgan fingerprint density at radius 2 is 1.70 bits per heavy atom. The number of benzene rings is 3. The number of aliphatic imine (C=N–C) groups is 1. The predicted molar refractivity (Wildman–Crippen MR) is 165 cm³/mol. The second-order valence-electron chi connectivity index (χ2n) is 10.4. The summed E-state index contributed by atoms with van der Waals surface area (Å²) in [4.78, 5) is 34.7. The SMILES string of the molecule is COc1ccc(N2C(=O)CSC2=NC(=O)NC(F)C(F)c2ccc(-c3ncn(-c4ccc(OC(F)(F)F)cc4)n3)cc2)c(C(C)C)c1. The summed E-state index contributed by atoms with van der Waals surface area (Å²) < 4.78 is 77.7. The highest BCUT2D eigenvalue weighted by atomic mass is 32.2. The van der Waals surface area contributed by atoms with E-state index in [2.05, 4.69) is 19.8 Å². The van der Waals surface area contributed by atoms with Crippen LogP contribution in [0.5, 0.6) is 11.5 Å². The van der Waals surface area contributed by atoms with Crippen molar-refractivity contribution in [2.45, 2.75) is 38.6 Å². The van der Waals surface area contributed by atoms with Crippen molar-refractivity contribution in [3.8, 4) is 28.6 Å². The topological polar surface area (TPSA) is 111 Å². The van der Waals surface area contributed by atoms with E-state index in [1.165, 1.54) is 59.4 Å². The first-order chi connectivity index (χ1) is 22.3. The Hall–Kier alpha value is -4.99. The van der Waals surface area contributed by atoms with Crippen LogP contribution < -0.4 is 19.7 Å². The van der Waals surface area contributed by atoms with Gasteiger partial charge in [-0.3, -0.25) is 9.69 Å². The van der Waals surface area contributed by atoms with Gasteiger partial charge in [0.2, 0.25) is 12.2 Å². The second-order valence-corrected chi connectivity index (χ2v) is 11.4. The fourth-order valence-electron chi connectivity index (χ4n) is 4.62. The molecule has 2 atom stereocenters. The summed E-state index contributed by atoms with van der Waals surface area (Å²) in [5.41, 5.74) is 2.06. The number of urea groups is 1. The summed E-state index contributed by atoms with van der Waals surface area (Å²) in [5.74, 6) is 0.111. The van der Waals surface area contributed by atoms with Gasteiger partial charge in [0.05, 0.1) is 24.2 Å². The maximum Gasteiger partial charge on any atom is 0.573 e. The van der Waals surface area contributed by atoms with E-state index < -0.39 is 30.6 Å². The summed E-state index contributed by atoms with van der Waals surface area (Å²) >= 11 is 1.00. The smallest absolute Gasteiger partial charge is 0.497 e. The van der Waals surface area contributed by atoms with Crippen LogP contribution in [-0.4, -0.2) is 57.4 Å². The van der Waals surface area contributed by atoms with Gasteiger partial charge in [-0.1, -0.05) is 49.9 Å². The van der Waals surface area contributed by atoms with Crippen LogP contribution in [0.1, 0.15) is 37.1 Å². The Morgan fingerprint density at radius 1 is 1.02 bits per heavy atom. The molecule has 4 aromatic rings. The number of amidine groups is 1. The van der Waals surface area contributed by atoms with E-state index in [0.29, 0.717) is 22.7 Å². The Labute approximate surface area is 269 Å². The molecule has 2 heterocycles. The average molecular weight is 675 g/mol. The molecule has 1 aliphatic heterocycles. The van der Waals surface area contributed by atoms with Crippen LogP contribution in [0.15, 0.2) is 78.0 Å². The first-order valence-electron chi connectivity index (χ1n) is 14.0. The third kappa shape index (κ3) is 7.88. The van der Waals surface area contributed by atoms with E-state index in [9.17, 15) is 27.2 Å². The van der Waals surface area contributed by atoms with E-state index in [0.717, 1.165) is 29.5 Å². The number of hydrogen-bond acceptors (Lipinski definition) is 7. The van der Waals surface area contributed by atoms with Gasteiger partial charge in [-0.2, -0.15) is 4.99 Å². The number of carbonyl (C=O) groups is 2. The monoisotopic (exact) mass is 674 g/mol. The van der Waals surface area contributed by atoms with Crippen molar-refractivity contribution in [2.75, 3.05) is 17.8 Å². The van der Waals surface area contributed by atoms with Crippen LogP contribution in [0, 0.1) is 0 Å². The number of halogens is 5. The molecule has 10 nitrogen and oxygen atoms in total. The number of methoxy groups -OCH3 is 1. The van der Waals surface area contributed by atoms with Crippen molar-refractivity contribution in [3.05, 3.63) is 84.2 Å². The van der Waals surface area contributed by atoms with E-state index in [4.69, 9.17) is 4.74 Å². The average Bonchev–Trinajstić information content (AvgIpc) is 3.67. The summed E-state index contributed by atoms with van der Waals surface area (Å²) in [6, 6.07) is 14.5. The molecule has 16 heteroatoms. The molecule has 1 fully saturated rings. The Kier molecular flexibility index (Phi) is 9.79. The number of ether oxygens (including phenoxy) is 2. The van der Waals surface area contributed by atoms with Gasteiger partial charge >= 0.3 is 12.4 Å². The van der Waals surface area contributed by atoms with Crippen molar-refractivity contribution in [1.82, 2.24) is 20.1 Å². The van der Waals surface area contributed by atoms with E-state index in [-0.39, 0.29) is 34.1 Å². The maximum absolute atomic E-state index is 15.1. The Balaban J connectivity index is 1.24. The van der Waals surface area contributed by atoms with Crippen LogP contribution in [-0.2, 0) is 4.79 Å². The number of hydrogen-bond donors (Lipinski definition) is 1. The van der Waals surface area contributed by atoms with Crippen molar-refractivity contribution >= 4 is 34.6 Å². The van der Waals surface area contributed by atoms with Crippen LogP contribution in [0.3, 0.4) is 0 Å². The molecule has 3 aromatic carbocycles. The van der Waals surface area contributed by atoms with Gasteiger partial charge in [0.15, 0.2) is 17.2 Å². The summed E-state index contributed by atoms with van der Waals surface area (Å²) in [6.45, 7) is 3.87. The molecule has 47 heavy (non-hydrogen) atoms. The lowest BCUT2D eigenvalue weighted by Crippen LogP contribution is -2.35. The first kappa shape index (κ1) is 33.4. The number of alkyl halides is 5. The number of thioether (sulfide) groups is 1. The highest BCUT2D eigenvalue weighted by molar-refractivity contribution is 8.15. The van der Waals surface area contributed by atoms with Crippen molar-refractivity contribution in [1.29, 1.82) is 0 Å². The molecular formula is C31H27F5N6O4S. The number of aromatic nitrogens is 3. The number of anilines is 1. The minimum Gasteiger partial charge on any atom is -0.497 e. The molecule has 1 aromatic heterocycles. The van der Waals surface area contributed by atoms with E-state index in [1.54, 1.807) is 18.2 Å². The van der Waals surface area contributed by atoms with Crippen LogP contribution in [0.25, 0.3) is 17.1 Å². The molecule has 5 rings (SSSR count). The molecule has 0 aliphatic carbocycles. The quantitative estimate of drug-likeness (QED) is 0.149. The van der Waals surface area contributed by atoms with E-state index in [1.807, 2.05) is 19.2 Å². The number of nitrogens with one attached hydrogen (secondary N) is 1. The second kappa shape index (κ2) is 13.8. The van der Waals surface area contributed by atoms with Gasteiger partial charge in [-0.25, -0.2) is 23.2 Å². The standard InChI is InChI=1S/C31H27F5N6O4S/c1-17(2)23-14-22(45-3)12-13-24(23)42-25(43)15-47-30(42)39-29(44)38-27(33)26(32)18-4-6-19(7-5-18)28-37-16-41(40-28)20-8-10-21(11-9-20)46-31(34,35)36/h4-14,16-17,26-27H,15H2,1-3H3,(H,38,44). The molecule has 1 saturated heterocycles. The fraction of sp³-hybridized carbons (Fsp3) is 0.258. The third-order valence-electron chi connectivity index (χ3n) is 6.89. The highest BCUT2D eigenvalue weighted by Crippen LogP contribution is 2.36. The summed E-state index contributed by atoms with van der Waals surface area (Å²) in [6.07, 6.45) is -8.18. The molecule has 0 saturated carbocycles. The van der Waals surface area contributed by atoms with Crippen LogP contribution in [0.2, 0.25) is 0 Å². The first-order valence-corrected chi connectivity index (χ1v) is 15.0. The van der Waals surface area contributed by atoms with Gasteiger partial charge in [-0.05, 0) is 59.5 Å². The number of rotatable bonds is 9. The zero-order valence-electron chi connectivity index (χ0n) is 25.0. The summed E-state index contributed by atoms with van der Waals surface area (Å²) in [5, 5.41) is 6.20. The lowest BCUT2D eigenvalue weighted by molar-refractivity contribution is -0.274. The van der Waals surface area contributed by atoms with Gasteiger partial charge in [0.1, 0.15) is 17.8 Å². The lowest BCUT2D eigenvalue weighted by atomic mass is 10.00. The molecular weight excluding hydrogens is 647 g/mol. The van der Waals surface area contributed by atoms with Crippen molar-refractivity contribution in [2.24, 2.45) is 4.99 Å². The van der Waals surface area contributed by atoms with Gasteiger partial charge < -0.3 is 14.8 Å². The van der Waals surface area contributed by atoms with Crippen LogP contribution in [0.4, 0.5) is 32.4 Å². The number of nitrogens with zero attached hydrogens (tertiary/aromatic N) is 5. The predicted octanol–water partition coefficient (Wildman–Crippen LogP) is 7.12. The Bertz CT molecular complexity index is 1780. The molecule has 0 radical (unpaired) electrons. The largest absolute Gasteiger partial charge is 0.573 e. The molecule has 246 valence electrons. The molecule has 1 aliphatic rings. The molecule has 3 amide bonds. The summed E-state index contributed by atoms with van der Waals surface area (Å²) in [7, 11) is 1.52. The number of amides is 3. The van der Waals surface area contributed by atoms with Gasteiger partial charge in [0, 0.05) is 5.56 Å². The minimum absolute atomic E-state index is 0.00326. The molecule has 1 N–H and O–H groups in total. The normalized spacial score (nSPS) is 15.6. The molecule has 2 unspecified atom stereocenters. The minimum atomic E-state index is -4.82. The van der Waals surface area contributed by atoms with E-state index >= 15 is 4.39 Å². The van der Waals surface area contributed by atoms with Gasteiger partial charge in [-0.15, -0.1) is 18.3 Å². The van der Waals surface area contributed by atoms with Gasteiger partial charge in [0.25, 0.3) is 0 Å². The lowest BCUT2D eigenvalue weighted by Gasteiger charge is -2.22. The van der Waals surface area contributed by atoms with Crippen molar-refractivity contribution in [3.63, 3.8) is 0 Å². The maximum atomic E-state index is 15.1. The zero-order valence-corrected chi connectivity index (χ0v) is 25.9. The zero-order chi connectivity index (χ0) is 33.9. The number of carbonyl (C=O) groups excluding carboxylic acids is 2. The molecule has 0 spiro atoms. The third-order valence-corrected chi connectivity index (χ3v) is 7.82. The Morgan fingerprint density at radius 3 is 2.34 bits per heavy atom. The highest BCUT2D eigenvalue weighted by Gasteiger charge is 2.34. The molecule has 0 bridgehead atoms. The fourth-order valence-corrected chi connectivity index (χ4v) is 5.48. The van der Waals surface area contributed by atoms with Crippen molar-refractivity contribution < 1.29 is 41.0 Å².